The zero-order valence-corrected chi connectivity index (χ0v) is 13.6. The van der Waals surface area contributed by atoms with Crippen molar-refractivity contribution in [3.63, 3.8) is 0 Å². The van der Waals surface area contributed by atoms with Gasteiger partial charge in [-0.25, -0.2) is 4.79 Å². The van der Waals surface area contributed by atoms with Crippen LogP contribution in [0.25, 0.3) is 16.6 Å². The first-order valence-corrected chi connectivity index (χ1v) is 8.22. The van der Waals surface area contributed by atoms with Crippen molar-refractivity contribution in [3.05, 3.63) is 64.0 Å². The fraction of sp³-hybridized carbons (Fsp3) is 0.222. The lowest BCUT2D eigenvalue weighted by atomic mass is 10.2. The second kappa shape index (κ2) is 5.92. The molecule has 1 aliphatic heterocycles. The lowest BCUT2D eigenvalue weighted by molar-refractivity contribution is 0.198. The van der Waals surface area contributed by atoms with Crippen LogP contribution in [0.1, 0.15) is 6.42 Å². The Morgan fingerprint density at radius 1 is 1.17 bits per heavy atom. The summed E-state index contributed by atoms with van der Waals surface area (Å²) in [5.41, 5.74) is 1.10. The lowest BCUT2D eigenvalue weighted by Crippen LogP contribution is -2.29. The predicted molar refractivity (Wildman–Crippen MR) is 95.2 cm³/mol. The van der Waals surface area contributed by atoms with E-state index in [-0.39, 0.29) is 11.8 Å². The fourth-order valence-electron chi connectivity index (χ4n) is 3.18. The highest BCUT2D eigenvalue weighted by atomic mass is 35.5. The maximum absolute atomic E-state index is 12.7. The van der Waals surface area contributed by atoms with Gasteiger partial charge in [-0.1, -0.05) is 29.8 Å². The van der Waals surface area contributed by atoms with E-state index in [1.54, 1.807) is 16.7 Å². The van der Waals surface area contributed by atoms with Gasteiger partial charge < -0.3 is 10.0 Å². The van der Waals surface area contributed by atoms with Crippen LogP contribution in [0.2, 0.25) is 5.02 Å². The molecule has 0 unspecified atom stereocenters. The molecule has 24 heavy (non-hydrogen) atoms. The second-order valence-electron chi connectivity index (χ2n) is 5.94. The molecule has 5 nitrogen and oxygen atoms in total. The summed E-state index contributed by atoms with van der Waals surface area (Å²) in [4.78, 5) is 19.0. The van der Waals surface area contributed by atoms with Crippen molar-refractivity contribution in [1.82, 2.24) is 9.55 Å². The number of aromatic nitrogens is 2. The molecule has 0 radical (unpaired) electrons. The quantitative estimate of drug-likeness (QED) is 0.778. The number of fused-ring (bicyclic) bond motifs is 1. The third-order valence-corrected chi connectivity index (χ3v) is 4.55. The van der Waals surface area contributed by atoms with Gasteiger partial charge in [0.05, 0.1) is 17.3 Å². The molecular formula is C18H16ClN3O2. The first-order valence-electron chi connectivity index (χ1n) is 7.84. The molecule has 0 saturated carbocycles. The van der Waals surface area contributed by atoms with Crippen molar-refractivity contribution in [2.45, 2.75) is 12.5 Å². The SMILES string of the molecule is O=c1nc(N2CC[C@H](O)C2)c2ccc(Cl)cc2n1-c1ccccc1. The van der Waals surface area contributed by atoms with Crippen LogP contribution in [0.5, 0.6) is 0 Å². The smallest absolute Gasteiger partial charge is 0.354 e. The molecule has 0 amide bonds. The number of nitrogens with zero attached hydrogens (tertiary/aromatic N) is 3. The van der Waals surface area contributed by atoms with Crippen LogP contribution in [0.3, 0.4) is 0 Å². The number of aliphatic hydroxyl groups excluding tert-OH is 1. The van der Waals surface area contributed by atoms with E-state index in [4.69, 9.17) is 11.6 Å². The minimum absolute atomic E-state index is 0.354. The molecule has 1 N–H and O–H groups in total. The minimum atomic E-state index is -0.384. The lowest BCUT2D eigenvalue weighted by Gasteiger charge is -2.20. The Bertz CT molecular complexity index is 956. The highest BCUT2D eigenvalue weighted by Gasteiger charge is 2.24. The Hall–Kier alpha value is -2.37. The minimum Gasteiger partial charge on any atom is -0.391 e. The van der Waals surface area contributed by atoms with Crippen molar-refractivity contribution in [1.29, 1.82) is 0 Å². The van der Waals surface area contributed by atoms with Gasteiger partial charge in [0.1, 0.15) is 5.82 Å². The number of anilines is 1. The Morgan fingerprint density at radius 3 is 2.67 bits per heavy atom. The molecule has 3 aromatic rings. The molecule has 122 valence electrons. The summed E-state index contributed by atoms with van der Waals surface area (Å²) in [6.45, 7) is 1.17. The summed E-state index contributed by atoms with van der Waals surface area (Å²) in [6, 6.07) is 14.8. The molecule has 6 heteroatoms. The maximum Gasteiger partial charge on any atom is 0.354 e. The number of hydrogen-bond donors (Lipinski definition) is 1. The van der Waals surface area contributed by atoms with Crippen LogP contribution in [0.4, 0.5) is 5.82 Å². The van der Waals surface area contributed by atoms with E-state index in [0.717, 1.165) is 11.1 Å². The van der Waals surface area contributed by atoms with E-state index >= 15 is 0 Å². The Kier molecular flexibility index (Phi) is 3.75. The summed E-state index contributed by atoms with van der Waals surface area (Å²) < 4.78 is 1.57. The van der Waals surface area contributed by atoms with Crippen molar-refractivity contribution < 1.29 is 5.11 Å². The van der Waals surface area contributed by atoms with E-state index in [0.29, 0.717) is 35.9 Å². The summed E-state index contributed by atoms with van der Waals surface area (Å²) in [7, 11) is 0. The van der Waals surface area contributed by atoms with E-state index in [1.807, 2.05) is 41.3 Å². The second-order valence-corrected chi connectivity index (χ2v) is 6.38. The number of hydrogen-bond acceptors (Lipinski definition) is 4. The molecular weight excluding hydrogens is 326 g/mol. The third-order valence-electron chi connectivity index (χ3n) is 4.31. The normalized spacial score (nSPS) is 17.6. The van der Waals surface area contributed by atoms with Crippen molar-refractivity contribution in [2.75, 3.05) is 18.0 Å². The topological polar surface area (TPSA) is 58.4 Å². The highest BCUT2D eigenvalue weighted by molar-refractivity contribution is 6.31. The number of β-amino-alcohol motifs (C(OH)–C–C–N with tert-alkyl or cyclic N) is 1. The average Bonchev–Trinajstić information content (AvgIpc) is 3.01. The first-order chi connectivity index (χ1) is 11.6. The number of para-hydroxylation sites is 1. The van der Waals surface area contributed by atoms with E-state index < -0.39 is 0 Å². The Balaban J connectivity index is 2.00. The summed E-state index contributed by atoms with van der Waals surface area (Å²) in [5, 5.41) is 11.2. The molecule has 1 aliphatic rings. The predicted octanol–water partition coefficient (Wildman–Crippen LogP) is 2.61. The zero-order chi connectivity index (χ0) is 16.7. The van der Waals surface area contributed by atoms with Crippen molar-refractivity contribution in [2.24, 2.45) is 0 Å². The van der Waals surface area contributed by atoms with Crippen LogP contribution in [-0.4, -0.2) is 33.9 Å². The molecule has 0 aliphatic carbocycles. The largest absolute Gasteiger partial charge is 0.391 e. The number of aliphatic hydroxyl groups is 1. The summed E-state index contributed by atoms with van der Waals surface area (Å²) >= 11 is 6.18. The van der Waals surface area contributed by atoms with Crippen LogP contribution in [-0.2, 0) is 0 Å². The molecule has 1 fully saturated rings. The van der Waals surface area contributed by atoms with Gasteiger partial charge in [0, 0.05) is 23.5 Å². The number of halogens is 1. The van der Waals surface area contributed by atoms with Gasteiger partial charge in [-0.05, 0) is 36.8 Å². The molecule has 4 rings (SSSR count). The van der Waals surface area contributed by atoms with E-state index in [2.05, 4.69) is 4.98 Å². The summed E-state index contributed by atoms with van der Waals surface area (Å²) in [5.74, 6) is 0.607. The van der Waals surface area contributed by atoms with Gasteiger partial charge in [0.15, 0.2) is 0 Å². The van der Waals surface area contributed by atoms with E-state index in [1.165, 1.54) is 0 Å². The van der Waals surface area contributed by atoms with Gasteiger partial charge in [-0.2, -0.15) is 4.98 Å². The first kappa shape index (κ1) is 15.2. The summed E-state index contributed by atoms with van der Waals surface area (Å²) in [6.07, 6.45) is 0.295. The van der Waals surface area contributed by atoms with Gasteiger partial charge >= 0.3 is 5.69 Å². The fourth-order valence-corrected chi connectivity index (χ4v) is 3.35. The Morgan fingerprint density at radius 2 is 1.96 bits per heavy atom. The van der Waals surface area contributed by atoms with Crippen molar-refractivity contribution >= 4 is 28.3 Å². The molecule has 0 bridgehead atoms. The monoisotopic (exact) mass is 341 g/mol. The van der Waals surface area contributed by atoms with Gasteiger partial charge in [-0.15, -0.1) is 0 Å². The zero-order valence-electron chi connectivity index (χ0n) is 12.9. The van der Waals surface area contributed by atoms with Crippen LogP contribution in [0, 0.1) is 0 Å². The maximum atomic E-state index is 12.7. The van der Waals surface area contributed by atoms with Crippen molar-refractivity contribution in [3.8, 4) is 5.69 Å². The third kappa shape index (κ3) is 2.56. The van der Waals surface area contributed by atoms with E-state index in [9.17, 15) is 9.90 Å². The molecule has 1 aromatic heterocycles. The standard InChI is InChI=1S/C18H16ClN3O2/c19-12-6-7-15-16(10-12)22(13-4-2-1-3-5-13)18(24)20-17(15)21-9-8-14(23)11-21/h1-7,10,14,23H,8-9,11H2/t14-/m0/s1. The average molecular weight is 342 g/mol. The van der Waals surface area contributed by atoms with Crippen LogP contribution < -0.4 is 10.6 Å². The number of benzene rings is 2. The number of rotatable bonds is 2. The molecule has 2 heterocycles. The van der Waals surface area contributed by atoms with Gasteiger partial charge in [-0.3, -0.25) is 4.57 Å². The molecule has 1 saturated heterocycles. The van der Waals surface area contributed by atoms with Gasteiger partial charge in [0.2, 0.25) is 0 Å². The molecule has 2 aromatic carbocycles. The Labute approximate surface area is 143 Å². The van der Waals surface area contributed by atoms with Crippen LogP contribution >= 0.6 is 11.6 Å². The van der Waals surface area contributed by atoms with Crippen LogP contribution in [0.15, 0.2) is 53.3 Å². The molecule has 0 spiro atoms. The molecule has 1 atom stereocenters. The van der Waals surface area contributed by atoms with Gasteiger partial charge in [0.25, 0.3) is 0 Å². The highest BCUT2D eigenvalue weighted by Crippen LogP contribution is 2.29.